The number of ketones is 1. The maximum Gasteiger partial charge on any atom is 0.265 e. The first-order valence-electron chi connectivity index (χ1n) is 6.85. The van der Waals surface area contributed by atoms with Gasteiger partial charge in [0.05, 0.1) is 12.2 Å². The van der Waals surface area contributed by atoms with Gasteiger partial charge in [-0.2, -0.15) is 0 Å². The first-order chi connectivity index (χ1) is 9.01. The van der Waals surface area contributed by atoms with Gasteiger partial charge in [-0.3, -0.25) is 9.59 Å². The molecule has 0 aromatic rings. The van der Waals surface area contributed by atoms with Crippen LogP contribution in [0.5, 0.6) is 0 Å². The summed E-state index contributed by atoms with van der Waals surface area (Å²) in [5.41, 5.74) is -2.67. The average Bonchev–Trinajstić information content (AvgIpc) is 2.96. The third kappa shape index (κ3) is 0.881. The monoisotopic (exact) mass is 263 g/mol. The second kappa shape index (κ2) is 3.03. The van der Waals surface area contributed by atoms with E-state index in [9.17, 15) is 9.59 Å². The lowest BCUT2D eigenvalue weighted by atomic mass is 9.64. The van der Waals surface area contributed by atoms with Crippen molar-refractivity contribution in [3.05, 3.63) is 12.3 Å². The third-order valence-electron chi connectivity index (χ3n) is 5.48. The molecule has 3 aliphatic heterocycles. The molecule has 2 spiro atoms. The van der Waals surface area contributed by atoms with Crippen molar-refractivity contribution in [2.75, 3.05) is 7.05 Å². The molecule has 4 rings (SSSR count). The Morgan fingerprint density at radius 3 is 2.89 bits per heavy atom. The molecule has 0 N–H and O–H groups in total. The minimum Gasteiger partial charge on any atom is -0.489 e. The maximum atomic E-state index is 12.6. The van der Waals surface area contributed by atoms with Crippen molar-refractivity contribution in [1.82, 2.24) is 4.90 Å². The molecular weight excluding hydrogens is 246 g/mol. The van der Waals surface area contributed by atoms with Gasteiger partial charge in [-0.1, -0.05) is 0 Å². The quantitative estimate of drug-likeness (QED) is 0.662. The fourth-order valence-corrected chi connectivity index (χ4v) is 4.66. The number of hydrogen-bond donors (Lipinski definition) is 0. The predicted molar refractivity (Wildman–Crippen MR) is 64.9 cm³/mol. The number of Topliss-reactive ketones (excluding diaryl/α,β-unsaturated/α-hetero) is 1. The van der Waals surface area contributed by atoms with Crippen molar-refractivity contribution >= 4 is 11.7 Å². The summed E-state index contributed by atoms with van der Waals surface area (Å²) >= 11 is 0. The van der Waals surface area contributed by atoms with Gasteiger partial charge in [0.2, 0.25) is 5.60 Å². The van der Waals surface area contributed by atoms with Crippen molar-refractivity contribution in [2.45, 2.75) is 49.5 Å². The average molecular weight is 263 g/mol. The van der Waals surface area contributed by atoms with E-state index in [1.54, 1.807) is 18.2 Å². The maximum absolute atomic E-state index is 12.6. The largest absolute Gasteiger partial charge is 0.489 e. The summed E-state index contributed by atoms with van der Waals surface area (Å²) in [6.07, 6.45) is 7.10. The molecule has 0 radical (unpaired) electrons. The number of likely N-dealkylation sites (N-methyl/N-ethyl adjacent to an activating group) is 1. The first kappa shape index (κ1) is 11.5. The lowest BCUT2D eigenvalue weighted by Gasteiger charge is -2.51. The highest BCUT2D eigenvalue weighted by Gasteiger charge is 2.84. The lowest BCUT2D eigenvalue weighted by molar-refractivity contribution is -0.203. The van der Waals surface area contributed by atoms with Gasteiger partial charge in [0.1, 0.15) is 0 Å². The van der Waals surface area contributed by atoms with E-state index in [2.05, 4.69) is 0 Å². The Labute approximate surface area is 111 Å². The molecule has 2 bridgehead atoms. The molecule has 1 aliphatic carbocycles. The highest BCUT2D eigenvalue weighted by Crippen LogP contribution is 2.66. The zero-order valence-electron chi connectivity index (χ0n) is 11.1. The van der Waals surface area contributed by atoms with Gasteiger partial charge in [0.15, 0.2) is 17.1 Å². The third-order valence-corrected chi connectivity index (χ3v) is 5.48. The van der Waals surface area contributed by atoms with E-state index in [-0.39, 0.29) is 17.6 Å². The van der Waals surface area contributed by atoms with E-state index >= 15 is 0 Å². The Morgan fingerprint density at radius 1 is 1.42 bits per heavy atom. The number of ether oxygens (including phenoxy) is 2. The van der Waals surface area contributed by atoms with Crippen LogP contribution >= 0.6 is 0 Å². The van der Waals surface area contributed by atoms with Crippen LogP contribution < -0.4 is 0 Å². The molecule has 2 unspecified atom stereocenters. The predicted octanol–water partition coefficient (Wildman–Crippen LogP) is 0.986. The SMILES string of the molecule is CC(=O)[C@]12O[C@@]3(CCCCC34OC=CC41)N(C)C2=O. The summed E-state index contributed by atoms with van der Waals surface area (Å²) in [7, 11) is 1.73. The lowest BCUT2D eigenvalue weighted by Crippen LogP contribution is -2.69. The smallest absolute Gasteiger partial charge is 0.265 e. The van der Waals surface area contributed by atoms with E-state index in [0.29, 0.717) is 0 Å². The summed E-state index contributed by atoms with van der Waals surface area (Å²) in [5, 5.41) is 0. The highest BCUT2D eigenvalue weighted by atomic mass is 16.6. The van der Waals surface area contributed by atoms with Crippen molar-refractivity contribution in [1.29, 1.82) is 0 Å². The number of hydrogen-bond acceptors (Lipinski definition) is 4. The molecule has 0 aromatic heterocycles. The van der Waals surface area contributed by atoms with E-state index in [0.717, 1.165) is 25.7 Å². The van der Waals surface area contributed by atoms with Gasteiger partial charge in [-0.05, 0) is 38.7 Å². The molecular formula is C14H17NO4. The second-order valence-electron chi connectivity index (χ2n) is 6.06. The molecule has 4 atom stereocenters. The van der Waals surface area contributed by atoms with E-state index in [4.69, 9.17) is 9.47 Å². The van der Waals surface area contributed by atoms with Crippen LogP contribution in [-0.4, -0.2) is 40.6 Å². The van der Waals surface area contributed by atoms with Gasteiger partial charge in [0, 0.05) is 7.05 Å². The van der Waals surface area contributed by atoms with Gasteiger partial charge in [0.25, 0.3) is 5.91 Å². The topological polar surface area (TPSA) is 55.8 Å². The summed E-state index contributed by atoms with van der Waals surface area (Å²) in [6, 6.07) is 0. The van der Waals surface area contributed by atoms with Crippen molar-refractivity contribution < 1.29 is 19.1 Å². The number of carbonyl (C=O) groups is 2. The van der Waals surface area contributed by atoms with Crippen LogP contribution in [0, 0.1) is 5.92 Å². The normalized spacial score (nSPS) is 50.1. The van der Waals surface area contributed by atoms with Crippen LogP contribution in [-0.2, 0) is 19.1 Å². The molecule has 3 heterocycles. The molecule has 0 aromatic carbocycles. The molecule has 3 fully saturated rings. The molecule has 1 amide bonds. The van der Waals surface area contributed by atoms with Crippen LogP contribution in [0.25, 0.3) is 0 Å². The van der Waals surface area contributed by atoms with Crippen LogP contribution in [0.15, 0.2) is 12.3 Å². The van der Waals surface area contributed by atoms with E-state index in [1.807, 2.05) is 6.08 Å². The van der Waals surface area contributed by atoms with Crippen molar-refractivity contribution in [2.24, 2.45) is 5.92 Å². The van der Waals surface area contributed by atoms with Gasteiger partial charge < -0.3 is 14.4 Å². The molecule has 5 heteroatoms. The zero-order chi connectivity index (χ0) is 13.5. The Balaban J connectivity index is 1.99. The molecule has 1 saturated carbocycles. The summed E-state index contributed by atoms with van der Waals surface area (Å²) in [5.74, 6) is -0.700. The van der Waals surface area contributed by atoms with E-state index < -0.39 is 16.9 Å². The fraction of sp³-hybridized carbons (Fsp3) is 0.714. The summed E-state index contributed by atoms with van der Waals surface area (Å²) < 4.78 is 12.1. The zero-order valence-corrected chi connectivity index (χ0v) is 11.1. The number of nitrogens with zero attached hydrogens (tertiary/aromatic N) is 1. The number of piperidine rings is 1. The number of fused-ring (bicyclic) bond motifs is 2. The molecule has 5 nitrogen and oxygen atoms in total. The number of amides is 1. The van der Waals surface area contributed by atoms with Crippen LogP contribution in [0.4, 0.5) is 0 Å². The highest BCUT2D eigenvalue weighted by molar-refractivity contribution is 6.12. The molecule has 2 saturated heterocycles. The summed E-state index contributed by atoms with van der Waals surface area (Å²) in [6.45, 7) is 1.45. The minimum atomic E-state index is -1.36. The standard InChI is InChI=1S/C14H17NO4/c1-9(16)14-10-5-8-18-12(10)6-3-4-7-13(12,19-14)15(2)11(14)17/h5,8,10H,3-4,6-7H2,1-2H3/t10?,12?,13-,14+/m1/s1. The Morgan fingerprint density at radius 2 is 2.16 bits per heavy atom. The van der Waals surface area contributed by atoms with Crippen LogP contribution in [0.1, 0.15) is 32.6 Å². The summed E-state index contributed by atoms with van der Waals surface area (Å²) in [4.78, 5) is 26.4. The Bertz CT molecular complexity index is 530. The number of rotatable bonds is 1. The van der Waals surface area contributed by atoms with Crippen LogP contribution in [0.2, 0.25) is 0 Å². The van der Waals surface area contributed by atoms with Gasteiger partial charge in [-0.25, -0.2) is 0 Å². The minimum absolute atomic E-state index is 0.210. The first-order valence-corrected chi connectivity index (χ1v) is 6.85. The van der Waals surface area contributed by atoms with Crippen LogP contribution in [0.3, 0.4) is 0 Å². The number of carbonyl (C=O) groups excluding carboxylic acids is 2. The Kier molecular flexibility index (Phi) is 1.83. The molecule has 4 aliphatic rings. The van der Waals surface area contributed by atoms with Gasteiger partial charge in [-0.15, -0.1) is 0 Å². The number of likely N-dealkylation sites (tertiary alicyclic amines) is 1. The fourth-order valence-electron chi connectivity index (χ4n) is 4.66. The van der Waals surface area contributed by atoms with E-state index in [1.165, 1.54) is 6.92 Å². The molecule has 102 valence electrons. The molecule has 19 heavy (non-hydrogen) atoms. The second-order valence-corrected chi connectivity index (χ2v) is 6.06. The Hall–Kier alpha value is -1.36. The van der Waals surface area contributed by atoms with Gasteiger partial charge >= 0.3 is 0 Å². The van der Waals surface area contributed by atoms with Crippen molar-refractivity contribution in [3.8, 4) is 0 Å². The van der Waals surface area contributed by atoms with Crippen molar-refractivity contribution in [3.63, 3.8) is 0 Å².